The Morgan fingerprint density at radius 2 is 1.76 bits per heavy atom. The Morgan fingerprint density at radius 3 is 2.45 bits per heavy atom. The molecular weight excluding hydrogens is 482 g/mol. The zero-order valence-electron chi connectivity index (χ0n) is 22.4. The van der Waals surface area contributed by atoms with Gasteiger partial charge in [0, 0.05) is 17.1 Å². The summed E-state index contributed by atoms with van der Waals surface area (Å²) in [5, 5.41) is 4.03. The topological polar surface area (TPSA) is 87.2 Å². The average Bonchev–Trinajstić information content (AvgIpc) is 3.54. The van der Waals surface area contributed by atoms with Gasteiger partial charge in [0.1, 0.15) is 18.1 Å². The van der Waals surface area contributed by atoms with E-state index < -0.39 is 5.91 Å². The zero-order valence-corrected chi connectivity index (χ0v) is 22.4. The van der Waals surface area contributed by atoms with Crippen LogP contribution in [-0.4, -0.2) is 29.9 Å². The standard InChI is InChI=1S/C30H33N3O5/c1-6-22(4)37-27-15-9-23(17-29(27)35-5)18-31-32-30(34)28-16-14-26(38-28)19-36-25-12-10-24(11-13-25)33-20(2)7-8-21(33)3/h7-18,22H,6,19H2,1-5H3,(H,32,34)/b31-18+/t22-/m1/s1. The van der Waals surface area contributed by atoms with Crippen molar-refractivity contribution in [1.82, 2.24) is 9.99 Å². The first kappa shape index (κ1) is 26.6. The third kappa shape index (κ3) is 6.45. The molecule has 38 heavy (non-hydrogen) atoms. The molecule has 4 aromatic rings. The molecule has 0 unspecified atom stereocenters. The lowest BCUT2D eigenvalue weighted by Crippen LogP contribution is -2.16. The molecule has 0 aliphatic rings. The predicted octanol–water partition coefficient (Wildman–Crippen LogP) is 6.22. The number of aryl methyl sites for hydroxylation is 2. The van der Waals surface area contributed by atoms with Crippen LogP contribution < -0.4 is 19.6 Å². The van der Waals surface area contributed by atoms with Gasteiger partial charge in [0.25, 0.3) is 0 Å². The summed E-state index contributed by atoms with van der Waals surface area (Å²) in [5.74, 6) is 2.18. The van der Waals surface area contributed by atoms with Crippen molar-refractivity contribution in [1.29, 1.82) is 0 Å². The molecule has 1 N–H and O–H groups in total. The second kappa shape index (κ2) is 12.2. The maximum atomic E-state index is 12.5. The number of methoxy groups -OCH3 is 1. The Morgan fingerprint density at radius 1 is 1.03 bits per heavy atom. The number of nitrogens with one attached hydrogen (secondary N) is 1. The average molecular weight is 516 g/mol. The van der Waals surface area contributed by atoms with E-state index in [0.29, 0.717) is 23.0 Å². The van der Waals surface area contributed by atoms with Crippen LogP contribution in [0.3, 0.4) is 0 Å². The van der Waals surface area contributed by atoms with E-state index in [1.165, 1.54) is 17.6 Å². The highest BCUT2D eigenvalue weighted by atomic mass is 16.5. The smallest absolute Gasteiger partial charge is 0.307 e. The number of carbonyl (C=O) groups is 1. The summed E-state index contributed by atoms with van der Waals surface area (Å²) in [4.78, 5) is 12.5. The second-order valence-corrected chi connectivity index (χ2v) is 8.95. The van der Waals surface area contributed by atoms with Crippen LogP contribution in [0.2, 0.25) is 0 Å². The lowest BCUT2D eigenvalue weighted by Gasteiger charge is -2.15. The molecule has 0 bridgehead atoms. The molecule has 0 saturated heterocycles. The predicted molar refractivity (Wildman–Crippen MR) is 147 cm³/mol. The molecular formula is C30H33N3O5. The van der Waals surface area contributed by atoms with E-state index in [4.69, 9.17) is 18.6 Å². The Hall–Kier alpha value is -4.46. The van der Waals surface area contributed by atoms with Crippen LogP contribution in [0.15, 0.2) is 76.2 Å². The first-order valence-corrected chi connectivity index (χ1v) is 12.5. The van der Waals surface area contributed by atoms with Gasteiger partial charge in [-0.05, 0) is 99.5 Å². The van der Waals surface area contributed by atoms with Crippen molar-refractivity contribution in [3.05, 3.63) is 95.2 Å². The van der Waals surface area contributed by atoms with Gasteiger partial charge in [0.05, 0.1) is 19.4 Å². The van der Waals surface area contributed by atoms with Crippen molar-refractivity contribution in [3.8, 4) is 22.9 Å². The number of rotatable bonds is 11. The third-order valence-electron chi connectivity index (χ3n) is 6.10. The van der Waals surface area contributed by atoms with Gasteiger partial charge in [-0.25, -0.2) is 5.43 Å². The highest BCUT2D eigenvalue weighted by Crippen LogP contribution is 2.29. The normalized spacial score (nSPS) is 11.9. The summed E-state index contributed by atoms with van der Waals surface area (Å²) in [7, 11) is 1.58. The minimum Gasteiger partial charge on any atom is -0.493 e. The van der Waals surface area contributed by atoms with E-state index in [1.807, 2.05) is 43.3 Å². The van der Waals surface area contributed by atoms with Crippen molar-refractivity contribution in [2.45, 2.75) is 46.8 Å². The van der Waals surface area contributed by atoms with Gasteiger partial charge in [0.2, 0.25) is 0 Å². The van der Waals surface area contributed by atoms with Crippen molar-refractivity contribution in [3.63, 3.8) is 0 Å². The van der Waals surface area contributed by atoms with Crippen LogP contribution in [-0.2, 0) is 6.61 Å². The van der Waals surface area contributed by atoms with Gasteiger partial charge in [-0.3, -0.25) is 4.79 Å². The van der Waals surface area contributed by atoms with E-state index in [2.05, 4.69) is 48.0 Å². The maximum Gasteiger partial charge on any atom is 0.307 e. The summed E-state index contributed by atoms with van der Waals surface area (Å²) < 4.78 is 24.9. The number of carbonyl (C=O) groups excluding carboxylic acids is 1. The molecule has 0 fully saturated rings. The van der Waals surface area contributed by atoms with Gasteiger partial charge in [0.15, 0.2) is 17.3 Å². The number of amides is 1. The molecule has 1 atom stereocenters. The largest absolute Gasteiger partial charge is 0.493 e. The number of hydrazone groups is 1. The fourth-order valence-electron chi connectivity index (χ4n) is 3.88. The lowest BCUT2D eigenvalue weighted by molar-refractivity contribution is 0.0923. The maximum absolute atomic E-state index is 12.5. The van der Waals surface area contributed by atoms with Crippen LogP contribution >= 0.6 is 0 Å². The monoisotopic (exact) mass is 515 g/mol. The molecule has 0 aliphatic carbocycles. The van der Waals surface area contributed by atoms with Crippen molar-refractivity contribution in [2.75, 3.05) is 7.11 Å². The van der Waals surface area contributed by atoms with Gasteiger partial charge in [-0.1, -0.05) is 6.92 Å². The molecule has 2 heterocycles. The van der Waals surface area contributed by atoms with Crippen LogP contribution in [0.25, 0.3) is 5.69 Å². The summed E-state index contributed by atoms with van der Waals surface area (Å²) in [6.07, 6.45) is 2.50. The van der Waals surface area contributed by atoms with Crippen LogP contribution in [0, 0.1) is 13.8 Å². The highest BCUT2D eigenvalue weighted by molar-refractivity contribution is 5.92. The number of nitrogens with zero attached hydrogens (tertiary/aromatic N) is 2. The molecule has 2 aromatic heterocycles. The fraction of sp³-hybridized carbons (Fsp3) is 0.267. The Labute approximate surface area is 222 Å². The van der Waals surface area contributed by atoms with Crippen molar-refractivity contribution < 1.29 is 23.4 Å². The van der Waals surface area contributed by atoms with Crippen molar-refractivity contribution >= 4 is 12.1 Å². The minimum atomic E-state index is -0.460. The number of ether oxygens (including phenoxy) is 3. The van der Waals surface area contributed by atoms with Gasteiger partial charge < -0.3 is 23.2 Å². The molecule has 0 radical (unpaired) electrons. The van der Waals surface area contributed by atoms with E-state index in [-0.39, 0.29) is 18.5 Å². The molecule has 198 valence electrons. The summed E-state index contributed by atoms with van der Waals surface area (Å²) in [6.45, 7) is 8.40. The van der Waals surface area contributed by atoms with E-state index >= 15 is 0 Å². The number of hydrogen-bond acceptors (Lipinski definition) is 6. The molecule has 2 aromatic carbocycles. The number of furan rings is 1. The summed E-state index contributed by atoms with van der Waals surface area (Å²) >= 11 is 0. The molecule has 8 heteroatoms. The van der Waals surface area contributed by atoms with Gasteiger partial charge >= 0.3 is 5.91 Å². The first-order chi connectivity index (χ1) is 18.4. The molecule has 0 saturated carbocycles. The zero-order chi connectivity index (χ0) is 27.1. The molecule has 4 rings (SSSR count). The highest BCUT2D eigenvalue weighted by Gasteiger charge is 2.12. The molecule has 0 spiro atoms. The van der Waals surface area contributed by atoms with E-state index in [0.717, 1.165) is 17.7 Å². The minimum absolute atomic E-state index is 0.0793. The number of aromatic nitrogens is 1. The fourth-order valence-corrected chi connectivity index (χ4v) is 3.88. The lowest BCUT2D eigenvalue weighted by atomic mass is 10.2. The molecule has 0 aliphatic heterocycles. The number of hydrogen-bond donors (Lipinski definition) is 1. The molecule has 8 nitrogen and oxygen atoms in total. The van der Waals surface area contributed by atoms with E-state index in [9.17, 15) is 4.79 Å². The van der Waals surface area contributed by atoms with Gasteiger partial charge in [-0.2, -0.15) is 5.10 Å². The SMILES string of the molecule is CC[C@@H](C)Oc1ccc(/C=N/NC(=O)c2ccc(COc3ccc(-n4c(C)ccc4C)cc3)o2)cc1OC. The number of benzene rings is 2. The molecule has 1 amide bonds. The Balaban J connectivity index is 1.30. The van der Waals surface area contributed by atoms with Crippen LogP contribution in [0.5, 0.6) is 17.2 Å². The second-order valence-electron chi connectivity index (χ2n) is 8.95. The quantitative estimate of drug-likeness (QED) is 0.189. The van der Waals surface area contributed by atoms with Crippen LogP contribution in [0.4, 0.5) is 0 Å². The first-order valence-electron chi connectivity index (χ1n) is 12.5. The van der Waals surface area contributed by atoms with Gasteiger partial charge in [-0.15, -0.1) is 0 Å². The Bertz CT molecular complexity index is 1380. The Kier molecular flexibility index (Phi) is 8.53. The third-order valence-corrected chi connectivity index (χ3v) is 6.10. The van der Waals surface area contributed by atoms with E-state index in [1.54, 1.807) is 25.3 Å². The summed E-state index contributed by atoms with van der Waals surface area (Å²) in [6, 6.07) is 20.8. The summed E-state index contributed by atoms with van der Waals surface area (Å²) in [5.41, 5.74) is 6.65. The van der Waals surface area contributed by atoms with Crippen LogP contribution in [0.1, 0.15) is 53.5 Å². The van der Waals surface area contributed by atoms with Crippen molar-refractivity contribution in [2.24, 2.45) is 5.10 Å².